The summed E-state index contributed by atoms with van der Waals surface area (Å²) in [6, 6.07) is 10.1. The average molecular weight is 405 g/mol. The van der Waals surface area contributed by atoms with Crippen LogP contribution in [0.15, 0.2) is 51.9 Å². The summed E-state index contributed by atoms with van der Waals surface area (Å²) in [5.41, 5.74) is 1.23. The van der Waals surface area contributed by atoms with Gasteiger partial charge in [0.1, 0.15) is 16.5 Å². The number of nitrogens with one attached hydrogen (secondary N) is 1. The Morgan fingerprint density at radius 2 is 1.89 bits per heavy atom. The van der Waals surface area contributed by atoms with Crippen LogP contribution in [0.4, 0.5) is 10.1 Å². The van der Waals surface area contributed by atoms with E-state index in [4.69, 9.17) is 9.26 Å². The normalized spacial score (nSPS) is 11.6. The van der Waals surface area contributed by atoms with Gasteiger partial charge in [-0.2, -0.15) is 4.98 Å². The lowest BCUT2D eigenvalue weighted by Gasteiger charge is -2.12. The number of hydrogen-bond donors (Lipinski definition) is 1. The van der Waals surface area contributed by atoms with Gasteiger partial charge in [-0.1, -0.05) is 31.1 Å². The first-order valence-corrected chi connectivity index (χ1v) is 10.0. The summed E-state index contributed by atoms with van der Waals surface area (Å²) in [6.45, 7) is 3.93. The van der Waals surface area contributed by atoms with Crippen molar-refractivity contribution in [1.29, 1.82) is 0 Å². The number of benzene rings is 2. The Morgan fingerprint density at radius 3 is 2.50 bits per heavy atom. The van der Waals surface area contributed by atoms with Crippen LogP contribution in [-0.2, 0) is 16.4 Å². The van der Waals surface area contributed by atoms with Crippen LogP contribution in [0, 0.1) is 5.82 Å². The molecule has 7 nitrogen and oxygen atoms in total. The molecule has 9 heteroatoms. The highest BCUT2D eigenvalue weighted by Gasteiger charge is 2.20. The number of rotatable bonds is 7. The minimum Gasteiger partial charge on any atom is -0.495 e. The van der Waals surface area contributed by atoms with Gasteiger partial charge in [-0.25, -0.2) is 12.8 Å². The lowest BCUT2D eigenvalue weighted by molar-refractivity contribution is 0.361. The van der Waals surface area contributed by atoms with Crippen molar-refractivity contribution in [2.24, 2.45) is 0 Å². The van der Waals surface area contributed by atoms with Crippen molar-refractivity contribution in [3.05, 3.63) is 65.6 Å². The van der Waals surface area contributed by atoms with E-state index in [1.807, 2.05) is 13.8 Å². The summed E-state index contributed by atoms with van der Waals surface area (Å²) >= 11 is 0. The molecule has 0 saturated carbocycles. The molecule has 0 aliphatic rings. The predicted molar refractivity (Wildman–Crippen MR) is 101 cm³/mol. The topological polar surface area (TPSA) is 94.3 Å². The number of anilines is 1. The van der Waals surface area contributed by atoms with Crippen molar-refractivity contribution in [2.45, 2.75) is 31.1 Å². The number of sulfonamides is 1. The van der Waals surface area contributed by atoms with E-state index in [1.165, 1.54) is 13.2 Å². The van der Waals surface area contributed by atoms with Gasteiger partial charge in [0.25, 0.3) is 10.0 Å². The number of hydrogen-bond acceptors (Lipinski definition) is 6. The smallest absolute Gasteiger partial charge is 0.265 e. The third kappa shape index (κ3) is 4.48. The maximum absolute atomic E-state index is 13.5. The van der Waals surface area contributed by atoms with E-state index in [2.05, 4.69) is 14.9 Å². The van der Waals surface area contributed by atoms with Gasteiger partial charge in [0.2, 0.25) is 5.89 Å². The molecule has 28 heavy (non-hydrogen) atoms. The van der Waals surface area contributed by atoms with Gasteiger partial charge in [0.05, 0.1) is 7.11 Å². The van der Waals surface area contributed by atoms with Gasteiger partial charge in [-0.05, 0) is 35.9 Å². The molecular weight excluding hydrogens is 385 g/mol. The van der Waals surface area contributed by atoms with E-state index in [1.54, 1.807) is 24.3 Å². The Morgan fingerprint density at radius 1 is 1.18 bits per heavy atom. The van der Waals surface area contributed by atoms with Gasteiger partial charge in [-0.15, -0.1) is 0 Å². The van der Waals surface area contributed by atoms with E-state index in [9.17, 15) is 12.8 Å². The van der Waals surface area contributed by atoms with E-state index in [-0.39, 0.29) is 16.6 Å². The molecule has 3 rings (SSSR count). The van der Waals surface area contributed by atoms with E-state index in [0.717, 1.165) is 17.7 Å². The second-order valence-corrected chi connectivity index (χ2v) is 8.13. The van der Waals surface area contributed by atoms with Crippen LogP contribution in [0.5, 0.6) is 5.75 Å². The second-order valence-electron chi connectivity index (χ2n) is 6.48. The molecule has 0 spiro atoms. The van der Waals surface area contributed by atoms with Gasteiger partial charge >= 0.3 is 0 Å². The van der Waals surface area contributed by atoms with E-state index in [0.29, 0.717) is 23.8 Å². The van der Waals surface area contributed by atoms with Crippen molar-refractivity contribution in [2.75, 3.05) is 11.8 Å². The quantitative estimate of drug-likeness (QED) is 0.644. The SMILES string of the molecule is COc1ccc(F)cc1S(=O)(=O)Nc1ccc(Cc2noc(C(C)C)n2)cc1. The molecular formula is C19H20FN3O4S. The fourth-order valence-electron chi connectivity index (χ4n) is 2.52. The molecule has 0 bridgehead atoms. The standard InChI is InChI=1S/C19H20FN3O4S/c1-12(2)19-21-18(22-27-19)10-13-4-7-15(8-5-13)23-28(24,25)17-11-14(20)6-9-16(17)26-3/h4-9,11-12,23H,10H2,1-3H3. The summed E-state index contributed by atoms with van der Waals surface area (Å²) in [4.78, 5) is 4.04. The highest BCUT2D eigenvalue weighted by atomic mass is 32.2. The van der Waals surface area contributed by atoms with Crippen LogP contribution in [0.25, 0.3) is 0 Å². The number of nitrogens with zero attached hydrogens (tertiary/aromatic N) is 2. The maximum Gasteiger partial charge on any atom is 0.265 e. The molecule has 0 aliphatic carbocycles. The number of ether oxygens (including phenoxy) is 1. The van der Waals surface area contributed by atoms with Gasteiger partial charge < -0.3 is 9.26 Å². The Kier molecular flexibility index (Phi) is 5.64. The fourth-order valence-corrected chi connectivity index (χ4v) is 3.76. The van der Waals surface area contributed by atoms with Gasteiger partial charge in [0, 0.05) is 18.0 Å². The van der Waals surface area contributed by atoms with E-state index < -0.39 is 15.8 Å². The van der Waals surface area contributed by atoms with Crippen molar-refractivity contribution in [1.82, 2.24) is 10.1 Å². The maximum atomic E-state index is 13.5. The number of aromatic nitrogens is 2. The molecule has 0 saturated heterocycles. The Hall–Kier alpha value is -2.94. The van der Waals surface area contributed by atoms with E-state index >= 15 is 0 Å². The largest absolute Gasteiger partial charge is 0.495 e. The lowest BCUT2D eigenvalue weighted by Crippen LogP contribution is -2.14. The number of methoxy groups -OCH3 is 1. The molecule has 0 aliphatic heterocycles. The molecule has 0 radical (unpaired) electrons. The minimum absolute atomic E-state index is 0.0589. The number of halogens is 1. The van der Waals surface area contributed by atoms with Crippen LogP contribution in [0.2, 0.25) is 0 Å². The molecule has 2 aromatic carbocycles. The Bertz CT molecular complexity index is 1060. The molecule has 1 N–H and O–H groups in total. The molecule has 148 valence electrons. The summed E-state index contributed by atoms with van der Waals surface area (Å²) in [6.07, 6.45) is 0.459. The van der Waals surface area contributed by atoms with Crippen LogP contribution in [0.1, 0.15) is 37.0 Å². The first-order valence-electron chi connectivity index (χ1n) is 8.56. The molecule has 0 unspecified atom stereocenters. The molecule has 0 atom stereocenters. The van der Waals surface area contributed by atoms with Crippen molar-refractivity contribution in [3.63, 3.8) is 0 Å². The first kappa shape index (κ1) is 19.8. The molecule has 1 heterocycles. The zero-order chi connectivity index (χ0) is 20.3. The summed E-state index contributed by atoms with van der Waals surface area (Å²) in [5, 5.41) is 3.93. The fraction of sp³-hybridized carbons (Fsp3) is 0.263. The average Bonchev–Trinajstić information content (AvgIpc) is 3.12. The Labute approximate surface area is 162 Å². The zero-order valence-electron chi connectivity index (χ0n) is 15.6. The van der Waals surface area contributed by atoms with Crippen molar-refractivity contribution >= 4 is 15.7 Å². The highest BCUT2D eigenvalue weighted by molar-refractivity contribution is 7.92. The van der Waals surface area contributed by atoms with Crippen LogP contribution in [0.3, 0.4) is 0 Å². The van der Waals surface area contributed by atoms with Gasteiger partial charge in [-0.3, -0.25) is 4.72 Å². The van der Waals surface area contributed by atoms with Gasteiger partial charge in [0.15, 0.2) is 5.82 Å². The summed E-state index contributed by atoms with van der Waals surface area (Å²) < 4.78 is 51.3. The zero-order valence-corrected chi connectivity index (χ0v) is 16.5. The van der Waals surface area contributed by atoms with Crippen LogP contribution < -0.4 is 9.46 Å². The molecule has 0 amide bonds. The molecule has 1 aromatic heterocycles. The van der Waals surface area contributed by atoms with Crippen molar-refractivity contribution < 1.29 is 22.1 Å². The Balaban J connectivity index is 1.75. The third-order valence-corrected chi connectivity index (χ3v) is 5.36. The second kappa shape index (κ2) is 7.97. The lowest BCUT2D eigenvalue weighted by atomic mass is 10.1. The minimum atomic E-state index is -4.01. The highest BCUT2D eigenvalue weighted by Crippen LogP contribution is 2.26. The summed E-state index contributed by atoms with van der Waals surface area (Å²) in [5.74, 6) is 0.670. The van der Waals surface area contributed by atoms with Crippen LogP contribution >= 0.6 is 0 Å². The monoisotopic (exact) mass is 405 g/mol. The van der Waals surface area contributed by atoms with Crippen molar-refractivity contribution in [3.8, 4) is 5.75 Å². The predicted octanol–water partition coefficient (Wildman–Crippen LogP) is 3.73. The summed E-state index contributed by atoms with van der Waals surface area (Å²) in [7, 11) is -2.69. The van der Waals surface area contributed by atoms with Crippen LogP contribution in [-0.4, -0.2) is 25.7 Å². The first-order chi connectivity index (χ1) is 13.3. The molecule has 0 fully saturated rings. The third-order valence-electron chi connectivity index (χ3n) is 3.96. The molecule has 3 aromatic rings.